The van der Waals surface area contributed by atoms with Crippen LogP contribution in [0.1, 0.15) is 18.1 Å². The highest BCUT2D eigenvalue weighted by Gasteiger charge is 2.18. The molecule has 0 aromatic heterocycles. The van der Waals surface area contributed by atoms with Crippen LogP contribution in [0, 0.1) is 6.92 Å². The van der Waals surface area contributed by atoms with Crippen LogP contribution in [0.5, 0.6) is 0 Å². The van der Waals surface area contributed by atoms with E-state index in [0.29, 0.717) is 16.8 Å². The monoisotopic (exact) mass is 316 g/mol. The third-order valence-corrected chi connectivity index (χ3v) is 3.78. The molecule has 0 aliphatic carbocycles. The molecule has 0 aliphatic rings. The Hall–Kier alpha value is -1.67. The van der Waals surface area contributed by atoms with Gasteiger partial charge in [-0.05, 0) is 25.5 Å². The number of sulfonamides is 1. The van der Waals surface area contributed by atoms with Gasteiger partial charge in [0.05, 0.1) is 12.3 Å². The fraction of sp³-hybridized carbons (Fsp3) is 0.333. The zero-order valence-electron chi connectivity index (χ0n) is 11.2. The van der Waals surface area contributed by atoms with Gasteiger partial charge in [-0.1, -0.05) is 24.4 Å². The second kappa shape index (κ2) is 6.67. The van der Waals surface area contributed by atoms with E-state index in [1.165, 1.54) is 6.07 Å². The van der Waals surface area contributed by atoms with Crippen LogP contribution in [-0.2, 0) is 19.6 Å². The lowest BCUT2D eigenvalue weighted by Crippen LogP contribution is -2.25. The normalized spacial score (nSPS) is 10.9. The molecule has 0 unspecified atom stereocenters. The van der Waals surface area contributed by atoms with E-state index in [1.807, 2.05) is 0 Å². The van der Waals surface area contributed by atoms with E-state index in [9.17, 15) is 13.2 Å². The molecule has 0 saturated carbocycles. The van der Waals surface area contributed by atoms with Gasteiger partial charge < -0.3 is 10.5 Å². The largest absolute Gasteiger partial charge is 0.465 e. The Bertz CT molecular complexity index is 626. The van der Waals surface area contributed by atoms with Crippen LogP contribution in [-0.4, -0.2) is 31.7 Å². The Labute approximate surface area is 123 Å². The minimum atomic E-state index is -3.83. The first-order chi connectivity index (χ1) is 9.25. The van der Waals surface area contributed by atoms with Gasteiger partial charge in [-0.3, -0.25) is 9.52 Å². The van der Waals surface area contributed by atoms with E-state index in [-0.39, 0.29) is 11.6 Å². The average Bonchev–Trinajstić information content (AvgIpc) is 2.30. The minimum Gasteiger partial charge on any atom is -0.465 e. The average molecular weight is 316 g/mol. The summed E-state index contributed by atoms with van der Waals surface area (Å²) in [6, 6.07) is 4.91. The molecule has 8 heteroatoms. The summed E-state index contributed by atoms with van der Waals surface area (Å²) in [5, 5.41) is 0. The van der Waals surface area contributed by atoms with E-state index < -0.39 is 21.7 Å². The van der Waals surface area contributed by atoms with Gasteiger partial charge >= 0.3 is 5.97 Å². The van der Waals surface area contributed by atoms with Gasteiger partial charge in [0.25, 0.3) is 0 Å². The van der Waals surface area contributed by atoms with E-state index in [1.54, 1.807) is 26.0 Å². The highest BCUT2D eigenvalue weighted by Crippen LogP contribution is 2.18. The quantitative estimate of drug-likeness (QED) is 0.598. The third kappa shape index (κ3) is 4.78. The van der Waals surface area contributed by atoms with Gasteiger partial charge in [-0.2, -0.15) is 0 Å². The molecule has 1 aromatic rings. The number of aryl methyl sites for hydroxylation is 1. The number of ether oxygens (including phenoxy) is 1. The highest BCUT2D eigenvalue weighted by atomic mass is 32.2. The molecule has 1 rings (SSSR count). The van der Waals surface area contributed by atoms with Crippen molar-refractivity contribution in [3.8, 4) is 0 Å². The van der Waals surface area contributed by atoms with Crippen molar-refractivity contribution in [3.63, 3.8) is 0 Å². The molecule has 0 atom stereocenters. The number of rotatable bonds is 6. The molecule has 0 heterocycles. The summed E-state index contributed by atoms with van der Waals surface area (Å²) < 4.78 is 30.6. The molecule has 0 amide bonds. The van der Waals surface area contributed by atoms with Crippen molar-refractivity contribution in [2.24, 2.45) is 5.73 Å². The molecule has 0 spiro atoms. The zero-order chi connectivity index (χ0) is 15.3. The maximum Gasteiger partial charge on any atom is 0.323 e. The Morgan fingerprint density at radius 2 is 2.10 bits per heavy atom. The lowest BCUT2D eigenvalue weighted by Gasteiger charge is -2.11. The summed E-state index contributed by atoms with van der Waals surface area (Å²) >= 11 is 4.84. The number of nitrogens with one attached hydrogen (secondary N) is 1. The molecule has 0 saturated heterocycles. The van der Waals surface area contributed by atoms with Crippen molar-refractivity contribution < 1.29 is 17.9 Å². The van der Waals surface area contributed by atoms with Gasteiger partial charge in [0.1, 0.15) is 4.99 Å². The van der Waals surface area contributed by atoms with Gasteiger partial charge in [0, 0.05) is 5.56 Å². The molecule has 1 aromatic carbocycles. The summed E-state index contributed by atoms with van der Waals surface area (Å²) in [4.78, 5) is 11.4. The SMILES string of the molecule is CCOC(=O)CS(=O)(=O)Nc1cc(C(N)=S)ccc1C. The molecule has 0 bridgehead atoms. The number of esters is 1. The van der Waals surface area contributed by atoms with E-state index in [2.05, 4.69) is 9.46 Å². The zero-order valence-corrected chi connectivity index (χ0v) is 12.8. The first kappa shape index (κ1) is 16.4. The van der Waals surface area contributed by atoms with E-state index in [0.717, 1.165) is 0 Å². The van der Waals surface area contributed by atoms with Crippen molar-refractivity contribution in [2.45, 2.75) is 13.8 Å². The maximum atomic E-state index is 11.8. The number of benzene rings is 1. The molecule has 0 radical (unpaired) electrons. The highest BCUT2D eigenvalue weighted by molar-refractivity contribution is 7.93. The number of anilines is 1. The van der Waals surface area contributed by atoms with Gasteiger partial charge in [-0.25, -0.2) is 8.42 Å². The standard InChI is InChI=1S/C12H16N2O4S2/c1-3-18-11(15)7-20(16,17)14-10-6-9(12(13)19)5-4-8(10)2/h4-6,14H,3,7H2,1-2H3,(H2,13,19). The maximum absolute atomic E-state index is 11.8. The lowest BCUT2D eigenvalue weighted by atomic mass is 10.1. The topological polar surface area (TPSA) is 98.5 Å². The molecule has 20 heavy (non-hydrogen) atoms. The predicted molar refractivity (Wildman–Crippen MR) is 81.1 cm³/mol. The second-order valence-electron chi connectivity index (χ2n) is 4.06. The lowest BCUT2D eigenvalue weighted by molar-refractivity contribution is -0.139. The molecule has 6 nitrogen and oxygen atoms in total. The Morgan fingerprint density at radius 3 is 2.65 bits per heavy atom. The summed E-state index contributed by atoms with van der Waals surface area (Å²) in [5.74, 6) is -1.54. The van der Waals surface area contributed by atoms with Crippen LogP contribution < -0.4 is 10.5 Å². The van der Waals surface area contributed by atoms with Crippen molar-refractivity contribution in [1.82, 2.24) is 0 Å². The summed E-state index contributed by atoms with van der Waals surface area (Å²) in [5.41, 5.74) is 7.06. The van der Waals surface area contributed by atoms with Crippen molar-refractivity contribution >= 4 is 38.9 Å². The summed E-state index contributed by atoms with van der Waals surface area (Å²) in [6.07, 6.45) is 0. The smallest absolute Gasteiger partial charge is 0.323 e. The van der Waals surface area contributed by atoms with Crippen molar-refractivity contribution in [3.05, 3.63) is 29.3 Å². The number of thiocarbonyl (C=S) groups is 1. The van der Waals surface area contributed by atoms with Crippen LogP contribution in [0.25, 0.3) is 0 Å². The molecule has 110 valence electrons. The number of carbonyl (C=O) groups excluding carboxylic acids is 1. The molecule has 0 aliphatic heterocycles. The van der Waals surface area contributed by atoms with Crippen LogP contribution in [0.4, 0.5) is 5.69 Å². The Balaban J connectivity index is 2.94. The molecule has 0 fully saturated rings. The number of carbonyl (C=O) groups is 1. The Kier molecular flexibility index (Phi) is 5.46. The minimum absolute atomic E-state index is 0.129. The fourth-order valence-corrected chi connectivity index (χ4v) is 2.59. The molecule has 3 N–H and O–H groups in total. The van der Waals surface area contributed by atoms with Gasteiger partial charge in [-0.15, -0.1) is 0 Å². The second-order valence-corrected chi connectivity index (χ2v) is 6.22. The first-order valence-electron chi connectivity index (χ1n) is 5.81. The van der Waals surface area contributed by atoms with Crippen molar-refractivity contribution in [1.29, 1.82) is 0 Å². The van der Waals surface area contributed by atoms with Gasteiger partial charge in [0.15, 0.2) is 5.75 Å². The van der Waals surface area contributed by atoms with Crippen LogP contribution >= 0.6 is 12.2 Å². The first-order valence-corrected chi connectivity index (χ1v) is 7.88. The number of nitrogens with two attached hydrogens (primary N) is 1. The van der Waals surface area contributed by atoms with E-state index in [4.69, 9.17) is 18.0 Å². The summed E-state index contributed by atoms with van der Waals surface area (Å²) in [7, 11) is -3.83. The van der Waals surface area contributed by atoms with E-state index >= 15 is 0 Å². The van der Waals surface area contributed by atoms with Crippen LogP contribution in [0.15, 0.2) is 18.2 Å². The predicted octanol–water partition coefficient (Wildman–Crippen LogP) is 0.934. The Morgan fingerprint density at radius 1 is 1.45 bits per heavy atom. The van der Waals surface area contributed by atoms with Crippen LogP contribution in [0.3, 0.4) is 0 Å². The molecular formula is C12H16N2O4S2. The summed E-state index contributed by atoms with van der Waals surface area (Å²) in [6.45, 7) is 3.46. The van der Waals surface area contributed by atoms with Crippen molar-refractivity contribution in [2.75, 3.05) is 17.1 Å². The molecular weight excluding hydrogens is 300 g/mol. The number of hydrogen-bond donors (Lipinski definition) is 2. The third-order valence-electron chi connectivity index (χ3n) is 2.40. The van der Waals surface area contributed by atoms with Crippen LogP contribution in [0.2, 0.25) is 0 Å². The van der Waals surface area contributed by atoms with Gasteiger partial charge in [0.2, 0.25) is 10.0 Å². The number of hydrogen-bond acceptors (Lipinski definition) is 5. The fourth-order valence-electron chi connectivity index (χ4n) is 1.45.